The van der Waals surface area contributed by atoms with Crippen LogP contribution in [0.5, 0.6) is 0 Å². The molecule has 2 aromatic heterocycles. The van der Waals surface area contributed by atoms with Gasteiger partial charge < -0.3 is 9.84 Å². The topological polar surface area (TPSA) is 68.0 Å². The zero-order valence-corrected chi connectivity index (χ0v) is 13.7. The van der Waals surface area contributed by atoms with E-state index in [1.54, 1.807) is 17.4 Å². The van der Waals surface area contributed by atoms with Crippen molar-refractivity contribution in [3.05, 3.63) is 57.6 Å². The Kier molecular flexibility index (Phi) is 5.05. The summed E-state index contributed by atoms with van der Waals surface area (Å²) in [4.78, 5) is 16.2. The summed E-state index contributed by atoms with van der Waals surface area (Å²) in [6, 6.07) is 9.35. The van der Waals surface area contributed by atoms with Gasteiger partial charge in [-0.3, -0.25) is 4.79 Å². The normalized spacial score (nSPS) is 10.7. The van der Waals surface area contributed by atoms with Crippen LogP contribution in [0.25, 0.3) is 11.4 Å². The zero-order valence-electron chi connectivity index (χ0n) is 12.2. The first-order valence-corrected chi connectivity index (χ1v) is 8.40. The number of carbonyl (C=O) groups excluding carboxylic acids is 1. The van der Waals surface area contributed by atoms with E-state index in [0.717, 1.165) is 11.1 Å². The summed E-state index contributed by atoms with van der Waals surface area (Å²) in [6.07, 6.45) is 0.696. The number of aromatic nitrogens is 2. The van der Waals surface area contributed by atoms with E-state index in [1.807, 2.05) is 35.0 Å². The molecule has 0 bridgehead atoms. The molecular weight excluding hydrogens is 334 g/mol. The van der Waals surface area contributed by atoms with E-state index >= 15 is 0 Å². The second-order valence-corrected chi connectivity index (χ2v) is 6.08. The van der Waals surface area contributed by atoms with Crippen molar-refractivity contribution in [3.8, 4) is 11.4 Å². The van der Waals surface area contributed by atoms with Crippen LogP contribution < -0.4 is 5.32 Å². The van der Waals surface area contributed by atoms with Crippen LogP contribution in [-0.2, 0) is 17.8 Å². The molecule has 2 heterocycles. The minimum atomic E-state index is -0.0831. The maximum atomic E-state index is 11.9. The number of hydrogen-bond donors (Lipinski definition) is 1. The lowest BCUT2D eigenvalue weighted by molar-refractivity contribution is -0.121. The molecule has 0 fully saturated rings. The van der Waals surface area contributed by atoms with Crippen LogP contribution >= 0.6 is 22.9 Å². The van der Waals surface area contributed by atoms with Crippen molar-refractivity contribution in [2.24, 2.45) is 0 Å². The Hall–Kier alpha value is -2.18. The van der Waals surface area contributed by atoms with Crippen molar-refractivity contribution in [3.63, 3.8) is 0 Å². The highest BCUT2D eigenvalue weighted by molar-refractivity contribution is 7.08. The lowest BCUT2D eigenvalue weighted by Crippen LogP contribution is -2.23. The highest BCUT2D eigenvalue weighted by Crippen LogP contribution is 2.19. The first kappa shape index (κ1) is 15.7. The standard InChI is InChI=1S/C16H14ClN3O2S/c17-13-4-2-1-3-11(13)9-18-14(21)5-6-15-19-16(20-22-15)12-7-8-23-10-12/h1-4,7-8,10H,5-6,9H2,(H,18,21). The average molecular weight is 348 g/mol. The fourth-order valence-electron chi connectivity index (χ4n) is 2.01. The number of benzene rings is 1. The molecule has 0 unspecified atom stereocenters. The Morgan fingerprint density at radius 1 is 1.30 bits per heavy atom. The monoisotopic (exact) mass is 347 g/mol. The van der Waals surface area contributed by atoms with Crippen LogP contribution in [0.2, 0.25) is 5.02 Å². The highest BCUT2D eigenvalue weighted by Gasteiger charge is 2.11. The molecule has 0 saturated heterocycles. The fourth-order valence-corrected chi connectivity index (χ4v) is 2.85. The van der Waals surface area contributed by atoms with Gasteiger partial charge in [0, 0.05) is 35.4 Å². The van der Waals surface area contributed by atoms with Crippen LogP contribution in [0.1, 0.15) is 17.9 Å². The van der Waals surface area contributed by atoms with Crippen molar-refractivity contribution in [2.75, 3.05) is 0 Å². The van der Waals surface area contributed by atoms with E-state index in [0.29, 0.717) is 29.7 Å². The fraction of sp³-hybridized carbons (Fsp3) is 0.188. The summed E-state index contributed by atoms with van der Waals surface area (Å²) in [5, 5.41) is 11.3. The molecule has 0 spiro atoms. The van der Waals surface area contributed by atoms with E-state index in [1.165, 1.54) is 0 Å². The predicted octanol–water partition coefficient (Wildman–Crippen LogP) is 3.70. The molecule has 0 aliphatic heterocycles. The van der Waals surface area contributed by atoms with Gasteiger partial charge in [-0.05, 0) is 23.1 Å². The molecule has 23 heavy (non-hydrogen) atoms. The van der Waals surface area contributed by atoms with Crippen molar-refractivity contribution in [2.45, 2.75) is 19.4 Å². The van der Waals surface area contributed by atoms with Gasteiger partial charge >= 0.3 is 0 Å². The number of amides is 1. The Morgan fingerprint density at radius 3 is 2.96 bits per heavy atom. The van der Waals surface area contributed by atoms with Gasteiger partial charge in [-0.15, -0.1) is 0 Å². The number of thiophene rings is 1. The van der Waals surface area contributed by atoms with E-state index in [2.05, 4.69) is 15.5 Å². The maximum absolute atomic E-state index is 11.9. The van der Waals surface area contributed by atoms with Crippen molar-refractivity contribution < 1.29 is 9.32 Å². The predicted molar refractivity (Wildman–Crippen MR) is 89.2 cm³/mol. The second kappa shape index (κ2) is 7.39. The van der Waals surface area contributed by atoms with Crippen LogP contribution in [0.4, 0.5) is 0 Å². The number of halogens is 1. The van der Waals surface area contributed by atoms with Gasteiger partial charge in [-0.25, -0.2) is 0 Å². The number of carbonyl (C=O) groups is 1. The average Bonchev–Trinajstić information content (AvgIpc) is 3.23. The van der Waals surface area contributed by atoms with E-state index < -0.39 is 0 Å². The highest BCUT2D eigenvalue weighted by atomic mass is 35.5. The maximum Gasteiger partial charge on any atom is 0.227 e. The molecule has 1 amide bonds. The molecule has 5 nitrogen and oxygen atoms in total. The third-order valence-electron chi connectivity index (χ3n) is 3.25. The van der Waals surface area contributed by atoms with Gasteiger partial charge in [0.1, 0.15) is 0 Å². The lowest BCUT2D eigenvalue weighted by atomic mass is 10.2. The number of nitrogens with one attached hydrogen (secondary N) is 1. The Morgan fingerprint density at radius 2 is 2.17 bits per heavy atom. The molecule has 7 heteroatoms. The number of nitrogens with zero attached hydrogens (tertiary/aromatic N) is 2. The Bertz CT molecular complexity index is 786. The second-order valence-electron chi connectivity index (χ2n) is 4.89. The molecule has 0 atom stereocenters. The van der Waals surface area contributed by atoms with E-state index in [9.17, 15) is 4.79 Å². The van der Waals surface area contributed by atoms with Crippen LogP contribution in [0.15, 0.2) is 45.6 Å². The zero-order chi connectivity index (χ0) is 16.1. The van der Waals surface area contributed by atoms with Gasteiger partial charge in [0.05, 0.1) is 0 Å². The molecule has 0 saturated carbocycles. The summed E-state index contributed by atoms with van der Waals surface area (Å²) < 4.78 is 5.16. The van der Waals surface area contributed by atoms with Crippen LogP contribution in [-0.4, -0.2) is 16.0 Å². The van der Waals surface area contributed by atoms with Gasteiger partial charge in [0.15, 0.2) is 0 Å². The van der Waals surface area contributed by atoms with Crippen molar-refractivity contribution >= 4 is 28.8 Å². The van der Waals surface area contributed by atoms with Gasteiger partial charge in [-0.2, -0.15) is 16.3 Å². The summed E-state index contributed by atoms with van der Waals surface area (Å²) >= 11 is 7.62. The lowest BCUT2D eigenvalue weighted by Gasteiger charge is -2.05. The minimum Gasteiger partial charge on any atom is -0.352 e. The quantitative estimate of drug-likeness (QED) is 0.738. The van der Waals surface area contributed by atoms with Gasteiger partial charge in [-0.1, -0.05) is 35.0 Å². The van der Waals surface area contributed by atoms with Gasteiger partial charge in [0.25, 0.3) is 0 Å². The first-order valence-electron chi connectivity index (χ1n) is 7.07. The molecule has 118 valence electrons. The molecule has 0 aliphatic rings. The molecule has 3 aromatic rings. The summed E-state index contributed by atoms with van der Waals surface area (Å²) in [5.74, 6) is 0.928. The number of rotatable bonds is 6. The molecule has 0 radical (unpaired) electrons. The van der Waals surface area contributed by atoms with Crippen molar-refractivity contribution in [1.29, 1.82) is 0 Å². The van der Waals surface area contributed by atoms with E-state index in [-0.39, 0.29) is 12.3 Å². The first-order chi connectivity index (χ1) is 11.2. The van der Waals surface area contributed by atoms with Crippen LogP contribution in [0, 0.1) is 0 Å². The van der Waals surface area contributed by atoms with E-state index in [4.69, 9.17) is 16.1 Å². The van der Waals surface area contributed by atoms with Crippen molar-refractivity contribution in [1.82, 2.24) is 15.5 Å². The third kappa shape index (κ3) is 4.18. The molecule has 1 aromatic carbocycles. The number of aryl methyl sites for hydroxylation is 1. The third-order valence-corrected chi connectivity index (χ3v) is 4.30. The summed E-state index contributed by atoms with van der Waals surface area (Å²) in [6.45, 7) is 0.405. The number of hydrogen-bond acceptors (Lipinski definition) is 5. The summed E-state index contributed by atoms with van der Waals surface area (Å²) in [5.41, 5.74) is 1.81. The molecular formula is C16H14ClN3O2S. The Balaban J connectivity index is 1.49. The Labute approximate surface area is 142 Å². The SMILES string of the molecule is O=C(CCc1nc(-c2ccsc2)no1)NCc1ccccc1Cl. The smallest absolute Gasteiger partial charge is 0.227 e. The largest absolute Gasteiger partial charge is 0.352 e. The molecule has 1 N–H and O–H groups in total. The molecule has 0 aliphatic carbocycles. The van der Waals surface area contributed by atoms with Crippen LogP contribution in [0.3, 0.4) is 0 Å². The molecule has 3 rings (SSSR count). The van der Waals surface area contributed by atoms with Gasteiger partial charge in [0.2, 0.25) is 17.6 Å². The summed E-state index contributed by atoms with van der Waals surface area (Å²) in [7, 11) is 0. The minimum absolute atomic E-state index is 0.0831.